The number of benzene rings is 2. The van der Waals surface area contributed by atoms with E-state index in [9.17, 15) is 28.8 Å². The number of Topliss-reactive ketones (excluding diaryl/α,β-unsaturated/α-hetero) is 4. The first-order chi connectivity index (χ1) is 28.8. The van der Waals surface area contributed by atoms with E-state index < -0.39 is 23.0 Å². The Morgan fingerprint density at radius 1 is 0.597 bits per heavy atom. The van der Waals surface area contributed by atoms with Gasteiger partial charge >= 0.3 is 11.9 Å². The van der Waals surface area contributed by atoms with Crippen molar-refractivity contribution >= 4 is 51.0 Å². The van der Waals surface area contributed by atoms with E-state index in [-0.39, 0.29) is 57.7 Å². The molecule has 2 aromatic rings. The minimum Gasteiger partial charge on any atom is -0.460 e. The van der Waals surface area contributed by atoms with Crippen LogP contribution in [0.2, 0.25) is 0 Å². The van der Waals surface area contributed by atoms with Crippen molar-refractivity contribution in [1.82, 2.24) is 0 Å². The molecule has 4 aliphatic carbocycles. The van der Waals surface area contributed by atoms with Gasteiger partial charge in [0, 0.05) is 48.6 Å². The lowest BCUT2D eigenvalue weighted by molar-refractivity contribution is -0.157. The lowest BCUT2D eigenvalue weighted by atomic mass is 9.59. The van der Waals surface area contributed by atoms with Gasteiger partial charge in [0.1, 0.15) is 46.2 Å². The van der Waals surface area contributed by atoms with Gasteiger partial charge in [-0.3, -0.25) is 28.8 Å². The molecule has 0 unspecified atom stereocenters. The quantitative estimate of drug-likeness (QED) is 0.160. The van der Waals surface area contributed by atoms with Crippen molar-refractivity contribution in [3.63, 3.8) is 0 Å². The Hall–Kier alpha value is -3.90. The molecule has 2 spiro atoms. The molecule has 62 heavy (non-hydrogen) atoms. The molecule has 8 nitrogen and oxygen atoms in total. The number of halogens is 1. The Kier molecular flexibility index (Phi) is 15.4. The van der Waals surface area contributed by atoms with Crippen molar-refractivity contribution in [2.45, 2.75) is 189 Å². The number of hydrogen-bond acceptors (Lipinski definition) is 8. The minimum absolute atomic E-state index is 0.0485. The number of carbonyl (C=O) groups is 6. The molecule has 4 aliphatic rings. The molecule has 0 aromatic heterocycles. The maximum Gasteiger partial charge on any atom is 0.306 e. The zero-order chi connectivity index (χ0) is 45.9. The highest BCUT2D eigenvalue weighted by atomic mass is 79.9. The average molecular weight is 914 g/mol. The van der Waals surface area contributed by atoms with Crippen LogP contribution in [0.25, 0.3) is 0 Å². The van der Waals surface area contributed by atoms with Crippen molar-refractivity contribution in [2.24, 2.45) is 22.7 Å². The van der Waals surface area contributed by atoms with E-state index in [1.54, 1.807) is 6.92 Å². The maximum absolute atomic E-state index is 13.3. The fourth-order valence-electron chi connectivity index (χ4n) is 11.0. The first-order valence-electron chi connectivity index (χ1n) is 22.7. The number of carbonyl (C=O) groups excluding carboxylic acids is 6. The van der Waals surface area contributed by atoms with E-state index in [0.29, 0.717) is 38.5 Å². The molecule has 6 rings (SSSR count). The molecule has 0 amide bonds. The van der Waals surface area contributed by atoms with Crippen LogP contribution < -0.4 is 0 Å². The van der Waals surface area contributed by atoms with Gasteiger partial charge in [-0.2, -0.15) is 0 Å². The SMILES string of the molecule is CC#Cc1cc(C)c(C2C(=O)CC3(CCC(CC(=O)OC(C)(C)C)CC3)CC2=O)c(C)c1.Cc1cc(Br)cc(C)c1C1C(=O)CC2(CCC(CC(=O)OC(C)(C)C)CC2)CC1=O. The van der Waals surface area contributed by atoms with Gasteiger partial charge in [0.05, 0.1) is 0 Å². The predicted molar refractivity (Wildman–Crippen MR) is 246 cm³/mol. The van der Waals surface area contributed by atoms with E-state index in [2.05, 4.69) is 27.8 Å². The van der Waals surface area contributed by atoms with Gasteiger partial charge in [-0.05, 0) is 208 Å². The fourth-order valence-corrected chi connectivity index (χ4v) is 11.7. The zero-order valence-electron chi connectivity index (χ0n) is 39.2. The second-order valence-electron chi connectivity index (χ2n) is 21.3. The van der Waals surface area contributed by atoms with Crippen molar-refractivity contribution in [3.05, 3.63) is 67.7 Å². The maximum atomic E-state index is 13.3. The molecule has 2 aromatic carbocycles. The van der Waals surface area contributed by atoms with Crippen LogP contribution in [0.3, 0.4) is 0 Å². The van der Waals surface area contributed by atoms with E-state index >= 15 is 0 Å². The van der Waals surface area contributed by atoms with Crippen LogP contribution in [0.1, 0.15) is 189 Å². The number of rotatable bonds is 6. The van der Waals surface area contributed by atoms with E-state index in [4.69, 9.17) is 9.47 Å². The first-order valence-corrected chi connectivity index (χ1v) is 23.5. The molecule has 0 bridgehead atoms. The molecule has 0 radical (unpaired) electrons. The molecule has 0 saturated heterocycles. The van der Waals surface area contributed by atoms with Gasteiger partial charge in [0.15, 0.2) is 0 Å². The second kappa shape index (κ2) is 19.5. The summed E-state index contributed by atoms with van der Waals surface area (Å²) in [7, 11) is 0. The number of ketones is 4. The summed E-state index contributed by atoms with van der Waals surface area (Å²) in [5.41, 5.74) is 5.21. The van der Waals surface area contributed by atoms with Crippen LogP contribution in [0.5, 0.6) is 0 Å². The molecule has 4 saturated carbocycles. The molecule has 0 N–H and O–H groups in total. The van der Waals surface area contributed by atoms with Crippen molar-refractivity contribution in [3.8, 4) is 11.8 Å². The summed E-state index contributed by atoms with van der Waals surface area (Å²) >= 11 is 3.49. The van der Waals surface area contributed by atoms with Crippen molar-refractivity contribution in [2.75, 3.05) is 0 Å². The average Bonchev–Trinajstić information content (AvgIpc) is 3.11. The Bertz CT molecular complexity index is 2050. The monoisotopic (exact) mass is 912 g/mol. The highest BCUT2D eigenvalue weighted by Gasteiger charge is 2.49. The number of ether oxygens (including phenoxy) is 2. The molecule has 336 valence electrons. The summed E-state index contributed by atoms with van der Waals surface area (Å²) in [6.07, 6.45) is 9.51. The van der Waals surface area contributed by atoms with Gasteiger partial charge in [-0.15, -0.1) is 5.92 Å². The summed E-state index contributed by atoms with van der Waals surface area (Å²) in [5.74, 6) is 5.17. The van der Waals surface area contributed by atoms with Crippen LogP contribution in [-0.4, -0.2) is 46.3 Å². The standard InChI is InChI=1S/C28H36O4.C25H33BrO4/c1-7-8-21-13-18(2)25(19(3)14-21)26-22(29)16-28(17-23(26)30)11-9-20(10-12-28)15-24(31)32-27(4,5)6;1-15-10-18(26)11-16(2)22(15)23-19(27)13-25(14-20(23)28)8-6-17(7-9-25)12-21(29)30-24(3,4)5/h13-14,20,26H,9-12,15-17H2,1-6H3;10-11,17,23H,6-9,12-14H2,1-5H3. The molecule has 0 heterocycles. The van der Waals surface area contributed by atoms with Crippen LogP contribution in [0.15, 0.2) is 28.7 Å². The lowest BCUT2D eigenvalue weighted by Gasteiger charge is -2.43. The number of hydrogen-bond donors (Lipinski definition) is 0. The third-order valence-corrected chi connectivity index (χ3v) is 14.0. The molecule has 9 heteroatoms. The smallest absolute Gasteiger partial charge is 0.306 e. The number of esters is 2. The Labute approximate surface area is 378 Å². The highest BCUT2D eigenvalue weighted by Crippen LogP contribution is 2.52. The zero-order valence-corrected chi connectivity index (χ0v) is 40.7. The van der Waals surface area contributed by atoms with Crippen molar-refractivity contribution < 1.29 is 38.2 Å². The molecule has 4 fully saturated rings. The topological polar surface area (TPSA) is 121 Å². The van der Waals surface area contributed by atoms with Gasteiger partial charge in [-0.25, -0.2) is 0 Å². The Balaban J connectivity index is 0.000000235. The third kappa shape index (κ3) is 12.4. The van der Waals surface area contributed by atoms with Crippen LogP contribution in [-0.2, 0) is 38.2 Å². The summed E-state index contributed by atoms with van der Waals surface area (Å²) in [4.78, 5) is 77.3. The van der Waals surface area contributed by atoms with Crippen molar-refractivity contribution in [1.29, 1.82) is 0 Å². The molecular weight excluding hydrogens is 844 g/mol. The van der Waals surface area contributed by atoms with E-state index in [1.165, 1.54) is 0 Å². The normalized spacial score (nSPS) is 26.6. The van der Waals surface area contributed by atoms with Gasteiger partial charge in [0.25, 0.3) is 0 Å². The minimum atomic E-state index is -0.649. The summed E-state index contributed by atoms with van der Waals surface area (Å²) in [6, 6.07) is 7.92. The first kappa shape index (κ1) is 49.1. The summed E-state index contributed by atoms with van der Waals surface area (Å²) < 4.78 is 11.9. The lowest BCUT2D eigenvalue weighted by Crippen LogP contribution is -2.42. The van der Waals surface area contributed by atoms with Crippen LogP contribution in [0, 0.1) is 62.2 Å². The second-order valence-corrected chi connectivity index (χ2v) is 22.2. The van der Waals surface area contributed by atoms with E-state index in [0.717, 1.165) is 94.8 Å². The van der Waals surface area contributed by atoms with Gasteiger partial charge in [0.2, 0.25) is 0 Å². The Morgan fingerprint density at radius 3 is 1.19 bits per heavy atom. The summed E-state index contributed by atoms with van der Waals surface area (Å²) in [6.45, 7) is 21.0. The summed E-state index contributed by atoms with van der Waals surface area (Å²) in [5, 5.41) is 0. The van der Waals surface area contributed by atoms with Crippen LogP contribution >= 0.6 is 15.9 Å². The molecule has 0 atom stereocenters. The Morgan fingerprint density at radius 2 is 0.903 bits per heavy atom. The molecule has 0 aliphatic heterocycles. The molecular formula is C53H69BrO8. The van der Waals surface area contributed by atoms with Gasteiger partial charge < -0.3 is 9.47 Å². The highest BCUT2D eigenvalue weighted by molar-refractivity contribution is 9.10. The largest absolute Gasteiger partial charge is 0.460 e. The van der Waals surface area contributed by atoms with Gasteiger partial charge in [-0.1, -0.05) is 21.9 Å². The number of aryl methyl sites for hydroxylation is 4. The van der Waals surface area contributed by atoms with E-state index in [1.807, 2.05) is 93.5 Å². The van der Waals surface area contributed by atoms with Crippen LogP contribution in [0.4, 0.5) is 0 Å². The fraction of sp³-hybridized carbons (Fsp3) is 0.623. The third-order valence-electron chi connectivity index (χ3n) is 13.6. The predicted octanol–water partition coefficient (Wildman–Crippen LogP) is 11.6.